The van der Waals surface area contributed by atoms with Crippen LogP contribution >= 0.6 is 0 Å². The zero-order valence-corrected chi connectivity index (χ0v) is 18.4. The summed E-state index contributed by atoms with van der Waals surface area (Å²) in [5.41, 5.74) is 6.50. The quantitative estimate of drug-likeness (QED) is 0.550. The molecular weight excluding hydrogens is 390 g/mol. The highest BCUT2D eigenvalue weighted by Crippen LogP contribution is 2.21. The van der Waals surface area contributed by atoms with Crippen molar-refractivity contribution in [1.29, 1.82) is 0 Å². The molecule has 0 aliphatic rings. The average molecular weight is 415 g/mol. The second-order valence-corrected chi connectivity index (χ2v) is 7.95. The van der Waals surface area contributed by atoms with Crippen LogP contribution in [0.15, 0.2) is 47.4 Å². The van der Waals surface area contributed by atoms with Gasteiger partial charge in [-0.05, 0) is 63.4 Å². The molecule has 0 spiro atoms. The van der Waals surface area contributed by atoms with E-state index in [4.69, 9.17) is 0 Å². The Kier molecular flexibility index (Phi) is 5.19. The lowest BCUT2D eigenvalue weighted by molar-refractivity contribution is -0.117. The molecule has 0 atom stereocenters. The monoisotopic (exact) mass is 415 g/mol. The first kappa shape index (κ1) is 20.5. The van der Waals surface area contributed by atoms with Crippen LogP contribution in [0.5, 0.6) is 0 Å². The van der Waals surface area contributed by atoms with Crippen molar-refractivity contribution in [3.8, 4) is 5.69 Å². The molecule has 7 heteroatoms. The maximum atomic E-state index is 13.3. The van der Waals surface area contributed by atoms with Gasteiger partial charge in [-0.3, -0.25) is 9.59 Å². The van der Waals surface area contributed by atoms with Crippen LogP contribution in [0, 0.1) is 34.6 Å². The Balaban J connectivity index is 1.74. The van der Waals surface area contributed by atoms with Crippen molar-refractivity contribution in [3.63, 3.8) is 0 Å². The van der Waals surface area contributed by atoms with Crippen LogP contribution in [-0.2, 0) is 11.3 Å². The van der Waals surface area contributed by atoms with Gasteiger partial charge in [0.15, 0.2) is 0 Å². The third-order valence-electron chi connectivity index (χ3n) is 5.62. The highest BCUT2D eigenvalue weighted by Gasteiger charge is 2.18. The molecule has 31 heavy (non-hydrogen) atoms. The van der Waals surface area contributed by atoms with Gasteiger partial charge in [-0.1, -0.05) is 29.8 Å². The van der Waals surface area contributed by atoms with Gasteiger partial charge in [0, 0.05) is 11.1 Å². The van der Waals surface area contributed by atoms with Gasteiger partial charge in [0.05, 0.1) is 17.6 Å². The van der Waals surface area contributed by atoms with E-state index in [0.717, 1.165) is 33.6 Å². The predicted octanol–water partition coefficient (Wildman–Crippen LogP) is 3.76. The number of amides is 1. The molecule has 158 valence electrons. The Bertz CT molecular complexity index is 1380. The number of nitrogens with zero attached hydrogens (tertiary/aromatic N) is 4. The highest BCUT2D eigenvalue weighted by molar-refractivity contribution is 5.91. The molecule has 0 fully saturated rings. The summed E-state index contributed by atoms with van der Waals surface area (Å²) in [5, 5.41) is 12.4. The fraction of sp³-hybridized carbons (Fsp3) is 0.250. The number of carbonyl (C=O) groups is 1. The van der Waals surface area contributed by atoms with Crippen LogP contribution in [0.1, 0.15) is 27.9 Å². The molecule has 0 aliphatic heterocycles. The number of hydrogen-bond acceptors (Lipinski definition) is 4. The summed E-state index contributed by atoms with van der Waals surface area (Å²) in [4.78, 5) is 26.0. The van der Waals surface area contributed by atoms with Crippen molar-refractivity contribution < 1.29 is 4.79 Å². The molecule has 1 amide bonds. The van der Waals surface area contributed by atoms with E-state index in [1.807, 2.05) is 71.0 Å². The van der Waals surface area contributed by atoms with Gasteiger partial charge in [0.25, 0.3) is 5.56 Å². The van der Waals surface area contributed by atoms with Crippen LogP contribution < -0.4 is 10.9 Å². The second-order valence-electron chi connectivity index (χ2n) is 7.95. The third-order valence-corrected chi connectivity index (χ3v) is 5.62. The first-order chi connectivity index (χ1) is 14.8. The van der Waals surface area contributed by atoms with E-state index in [1.54, 1.807) is 10.9 Å². The first-order valence-electron chi connectivity index (χ1n) is 10.2. The van der Waals surface area contributed by atoms with Crippen molar-refractivity contribution >= 4 is 22.5 Å². The molecule has 0 bridgehead atoms. The minimum Gasteiger partial charge on any atom is -0.324 e. The Morgan fingerprint density at radius 3 is 2.55 bits per heavy atom. The molecule has 0 aliphatic carbocycles. The smallest absolute Gasteiger partial charge is 0.293 e. The molecule has 2 heterocycles. The van der Waals surface area contributed by atoms with E-state index in [2.05, 4.69) is 15.5 Å². The Labute approximate surface area is 180 Å². The molecule has 0 radical (unpaired) electrons. The Morgan fingerprint density at radius 2 is 1.81 bits per heavy atom. The standard InChI is InChI=1S/C24H25N5O2/c1-14-9-10-21(16(3)11-14)29-23-19(12-25-29)18(5)27-28(24(23)31)13-22(30)26-20-8-6-7-15(2)17(20)4/h6-12H,13H2,1-5H3,(H,26,30). The second kappa shape index (κ2) is 7.83. The highest BCUT2D eigenvalue weighted by atomic mass is 16.2. The summed E-state index contributed by atoms with van der Waals surface area (Å²) < 4.78 is 2.85. The molecule has 0 saturated carbocycles. The summed E-state index contributed by atoms with van der Waals surface area (Å²) in [6.45, 7) is 9.58. The van der Waals surface area contributed by atoms with Crippen LogP contribution in [0.25, 0.3) is 16.6 Å². The van der Waals surface area contributed by atoms with Crippen LogP contribution in [0.4, 0.5) is 5.69 Å². The predicted molar refractivity (Wildman–Crippen MR) is 122 cm³/mol. The van der Waals surface area contributed by atoms with Gasteiger partial charge in [0.2, 0.25) is 5.91 Å². The fourth-order valence-electron chi connectivity index (χ4n) is 3.77. The lowest BCUT2D eigenvalue weighted by atomic mass is 10.1. The number of aromatic nitrogens is 4. The van der Waals surface area contributed by atoms with Crippen molar-refractivity contribution in [2.75, 3.05) is 5.32 Å². The topological polar surface area (TPSA) is 81.8 Å². The van der Waals surface area contributed by atoms with Gasteiger partial charge in [-0.15, -0.1) is 0 Å². The van der Waals surface area contributed by atoms with Gasteiger partial charge >= 0.3 is 0 Å². The number of aryl methyl sites for hydroxylation is 4. The Morgan fingerprint density at radius 1 is 1.03 bits per heavy atom. The summed E-state index contributed by atoms with van der Waals surface area (Å²) in [5.74, 6) is -0.306. The average Bonchev–Trinajstić information content (AvgIpc) is 3.15. The first-order valence-corrected chi connectivity index (χ1v) is 10.2. The number of hydrogen-bond donors (Lipinski definition) is 1. The molecule has 4 rings (SSSR count). The summed E-state index contributed by atoms with van der Waals surface area (Å²) in [6.07, 6.45) is 1.65. The SMILES string of the molecule is Cc1ccc(-n2ncc3c(C)nn(CC(=O)Nc4cccc(C)c4C)c(=O)c32)c(C)c1. The fourth-order valence-corrected chi connectivity index (χ4v) is 3.77. The minimum absolute atomic E-state index is 0.180. The lowest BCUT2D eigenvalue weighted by Gasteiger charge is -2.12. The van der Waals surface area contributed by atoms with Gasteiger partial charge in [0.1, 0.15) is 12.1 Å². The maximum Gasteiger partial charge on any atom is 0.293 e. The maximum absolute atomic E-state index is 13.3. The van der Waals surface area contributed by atoms with E-state index in [-0.39, 0.29) is 18.0 Å². The van der Waals surface area contributed by atoms with Crippen LogP contribution in [0.3, 0.4) is 0 Å². The van der Waals surface area contributed by atoms with E-state index < -0.39 is 0 Å². The summed E-state index contributed by atoms with van der Waals surface area (Å²) in [6, 6.07) is 11.7. The molecule has 0 saturated heterocycles. The number of fused-ring (bicyclic) bond motifs is 1. The van der Waals surface area contributed by atoms with Gasteiger partial charge < -0.3 is 5.32 Å². The zero-order valence-electron chi connectivity index (χ0n) is 18.4. The van der Waals surface area contributed by atoms with E-state index in [9.17, 15) is 9.59 Å². The molecule has 7 nitrogen and oxygen atoms in total. The van der Waals surface area contributed by atoms with Gasteiger partial charge in [-0.2, -0.15) is 10.2 Å². The Hall–Kier alpha value is -3.74. The summed E-state index contributed by atoms with van der Waals surface area (Å²) >= 11 is 0. The van der Waals surface area contributed by atoms with Crippen molar-refractivity contribution in [1.82, 2.24) is 19.6 Å². The number of benzene rings is 2. The number of rotatable bonds is 4. The molecule has 2 aromatic heterocycles. The minimum atomic E-state index is -0.353. The number of anilines is 1. The normalized spacial score (nSPS) is 11.1. The number of nitrogens with one attached hydrogen (secondary N) is 1. The molecular formula is C24H25N5O2. The number of carbonyl (C=O) groups excluding carboxylic acids is 1. The lowest BCUT2D eigenvalue weighted by Crippen LogP contribution is -2.31. The van der Waals surface area contributed by atoms with Gasteiger partial charge in [-0.25, -0.2) is 9.36 Å². The van der Waals surface area contributed by atoms with Crippen molar-refractivity contribution in [2.45, 2.75) is 41.2 Å². The largest absolute Gasteiger partial charge is 0.324 e. The van der Waals surface area contributed by atoms with Crippen molar-refractivity contribution in [2.24, 2.45) is 0 Å². The molecule has 0 unspecified atom stereocenters. The van der Waals surface area contributed by atoms with Crippen LogP contribution in [-0.4, -0.2) is 25.5 Å². The van der Waals surface area contributed by atoms with E-state index in [1.165, 1.54) is 4.68 Å². The van der Waals surface area contributed by atoms with E-state index >= 15 is 0 Å². The van der Waals surface area contributed by atoms with Crippen molar-refractivity contribution in [3.05, 3.63) is 80.9 Å². The third kappa shape index (κ3) is 3.74. The molecule has 1 N–H and O–H groups in total. The zero-order chi connectivity index (χ0) is 22.3. The molecule has 4 aromatic rings. The van der Waals surface area contributed by atoms with E-state index in [0.29, 0.717) is 16.6 Å². The summed E-state index contributed by atoms with van der Waals surface area (Å²) in [7, 11) is 0. The van der Waals surface area contributed by atoms with Crippen LogP contribution in [0.2, 0.25) is 0 Å². The molecule has 2 aromatic carbocycles.